The van der Waals surface area contributed by atoms with Gasteiger partial charge < -0.3 is 8.83 Å². The fraction of sp³-hybridized carbons (Fsp3) is 0. The zero-order chi connectivity index (χ0) is 16.2. The highest BCUT2D eigenvalue weighted by Gasteiger charge is 2.03. The molecule has 116 valence electrons. The molecular formula is C20H14N2O2. The third-order valence-electron chi connectivity index (χ3n) is 3.62. The highest BCUT2D eigenvalue weighted by molar-refractivity contribution is 6.01. The number of benzene rings is 2. The van der Waals surface area contributed by atoms with Gasteiger partial charge in [-0.2, -0.15) is 0 Å². The van der Waals surface area contributed by atoms with E-state index in [2.05, 4.69) is 9.98 Å². The average Bonchev–Trinajstić information content (AvgIpc) is 3.31. The van der Waals surface area contributed by atoms with Crippen molar-refractivity contribution in [2.45, 2.75) is 0 Å². The van der Waals surface area contributed by atoms with Crippen molar-refractivity contribution in [3.8, 4) is 0 Å². The van der Waals surface area contributed by atoms with Crippen LogP contribution < -0.4 is 0 Å². The third kappa shape index (κ3) is 2.90. The number of rotatable bonds is 4. The second-order valence-corrected chi connectivity index (χ2v) is 5.20. The highest BCUT2D eigenvalue weighted by Crippen LogP contribution is 2.32. The smallest absolute Gasteiger partial charge is 0.144 e. The van der Waals surface area contributed by atoms with E-state index >= 15 is 0 Å². The first-order valence-electron chi connectivity index (χ1n) is 7.57. The molecule has 24 heavy (non-hydrogen) atoms. The molecule has 0 aliphatic heterocycles. The monoisotopic (exact) mass is 314 g/mol. The van der Waals surface area contributed by atoms with Crippen molar-refractivity contribution in [2.24, 2.45) is 9.98 Å². The van der Waals surface area contributed by atoms with E-state index in [1.807, 2.05) is 60.7 Å². The van der Waals surface area contributed by atoms with Crippen molar-refractivity contribution in [3.05, 3.63) is 84.7 Å². The molecule has 0 atom stereocenters. The van der Waals surface area contributed by atoms with Crippen LogP contribution in [0.2, 0.25) is 0 Å². The van der Waals surface area contributed by atoms with Crippen LogP contribution in [0.15, 0.2) is 92.0 Å². The first kappa shape index (κ1) is 14.2. The van der Waals surface area contributed by atoms with E-state index in [-0.39, 0.29) is 0 Å². The highest BCUT2D eigenvalue weighted by atomic mass is 16.3. The van der Waals surface area contributed by atoms with Crippen molar-refractivity contribution < 1.29 is 8.83 Å². The van der Waals surface area contributed by atoms with Crippen LogP contribution in [0.3, 0.4) is 0 Å². The van der Waals surface area contributed by atoms with Gasteiger partial charge in [-0.25, -0.2) is 0 Å². The van der Waals surface area contributed by atoms with Gasteiger partial charge in [0, 0.05) is 10.8 Å². The number of furan rings is 2. The number of aliphatic imine (C=N–C) groups is 2. The minimum atomic E-state index is 0.721. The van der Waals surface area contributed by atoms with E-state index in [1.165, 1.54) is 0 Å². The Bertz CT molecular complexity index is 914. The molecule has 4 aromatic rings. The Kier molecular flexibility index (Phi) is 3.78. The number of hydrogen-bond donors (Lipinski definition) is 0. The summed E-state index contributed by atoms with van der Waals surface area (Å²) in [5.41, 5.74) is 1.75. The molecule has 4 nitrogen and oxygen atoms in total. The SMILES string of the molecule is C(=Nc1cccc2c(N=Cc3ccco3)cccc12)c1ccco1. The lowest BCUT2D eigenvalue weighted by Crippen LogP contribution is -1.79. The Morgan fingerprint density at radius 3 is 1.50 bits per heavy atom. The molecule has 0 aliphatic rings. The normalized spacial score (nSPS) is 11.8. The van der Waals surface area contributed by atoms with Gasteiger partial charge in [-0.3, -0.25) is 9.98 Å². The molecule has 0 bridgehead atoms. The Morgan fingerprint density at radius 1 is 0.583 bits per heavy atom. The Hall–Kier alpha value is -3.40. The van der Waals surface area contributed by atoms with Crippen molar-refractivity contribution in [3.63, 3.8) is 0 Å². The van der Waals surface area contributed by atoms with Crippen LogP contribution in [-0.4, -0.2) is 12.4 Å². The summed E-state index contributed by atoms with van der Waals surface area (Å²) in [5, 5.41) is 2.07. The van der Waals surface area contributed by atoms with Gasteiger partial charge in [-0.1, -0.05) is 24.3 Å². The van der Waals surface area contributed by atoms with Crippen LogP contribution in [0.4, 0.5) is 11.4 Å². The zero-order valence-electron chi connectivity index (χ0n) is 12.8. The molecule has 0 aliphatic carbocycles. The maximum atomic E-state index is 5.29. The van der Waals surface area contributed by atoms with E-state index in [4.69, 9.17) is 8.83 Å². The lowest BCUT2D eigenvalue weighted by Gasteiger charge is -2.04. The lowest BCUT2D eigenvalue weighted by molar-refractivity contribution is 0.560. The summed E-state index contributed by atoms with van der Waals surface area (Å²) in [4.78, 5) is 9.08. The molecular weight excluding hydrogens is 300 g/mol. The molecule has 0 saturated carbocycles. The first-order valence-corrected chi connectivity index (χ1v) is 7.57. The molecule has 4 rings (SSSR count). The predicted molar refractivity (Wildman–Crippen MR) is 95.9 cm³/mol. The van der Waals surface area contributed by atoms with Gasteiger partial charge in [0.25, 0.3) is 0 Å². The van der Waals surface area contributed by atoms with E-state index in [0.29, 0.717) is 0 Å². The maximum Gasteiger partial charge on any atom is 0.144 e. The minimum absolute atomic E-state index is 0.721. The molecule has 2 aromatic heterocycles. The topological polar surface area (TPSA) is 51.0 Å². The van der Waals surface area contributed by atoms with Gasteiger partial charge >= 0.3 is 0 Å². The van der Waals surface area contributed by atoms with Crippen molar-refractivity contribution >= 4 is 34.6 Å². The van der Waals surface area contributed by atoms with Crippen molar-refractivity contribution in [2.75, 3.05) is 0 Å². The van der Waals surface area contributed by atoms with E-state index in [9.17, 15) is 0 Å². The van der Waals surface area contributed by atoms with Crippen LogP contribution in [0.1, 0.15) is 11.5 Å². The zero-order valence-corrected chi connectivity index (χ0v) is 12.8. The summed E-state index contributed by atoms with van der Waals surface area (Å²) in [6.07, 6.45) is 6.69. The molecule has 0 spiro atoms. The van der Waals surface area contributed by atoms with Crippen molar-refractivity contribution in [1.29, 1.82) is 0 Å². The molecule has 0 radical (unpaired) electrons. The molecule has 4 heteroatoms. The standard InChI is InChI=1S/C20H14N2O2/c1-7-17-18(19(9-1)21-13-15-5-3-11-23-15)8-2-10-20(17)22-14-16-6-4-12-24-16/h1-14H. The summed E-state index contributed by atoms with van der Waals surface area (Å²) in [7, 11) is 0. The molecule has 2 heterocycles. The Morgan fingerprint density at radius 2 is 1.08 bits per heavy atom. The van der Waals surface area contributed by atoms with Gasteiger partial charge in [0.2, 0.25) is 0 Å². The van der Waals surface area contributed by atoms with Gasteiger partial charge in [-0.05, 0) is 36.4 Å². The summed E-state index contributed by atoms with van der Waals surface area (Å²) in [6, 6.07) is 19.4. The summed E-state index contributed by atoms with van der Waals surface area (Å²) in [5.74, 6) is 1.44. The van der Waals surface area contributed by atoms with E-state index in [1.54, 1.807) is 25.0 Å². The Labute approximate surface area is 138 Å². The predicted octanol–water partition coefficient (Wildman–Crippen LogP) is 5.53. The van der Waals surface area contributed by atoms with Crippen LogP contribution in [0, 0.1) is 0 Å². The molecule has 0 unspecified atom stereocenters. The summed E-state index contributed by atoms with van der Waals surface area (Å²) in [6.45, 7) is 0. The van der Waals surface area contributed by atoms with Gasteiger partial charge in [0.15, 0.2) is 0 Å². The molecule has 2 aromatic carbocycles. The van der Waals surface area contributed by atoms with Crippen LogP contribution in [0.25, 0.3) is 10.8 Å². The van der Waals surface area contributed by atoms with Gasteiger partial charge in [0.1, 0.15) is 11.5 Å². The maximum absolute atomic E-state index is 5.29. The first-order chi connectivity index (χ1) is 11.9. The Balaban J connectivity index is 1.74. The van der Waals surface area contributed by atoms with Gasteiger partial charge in [-0.15, -0.1) is 0 Å². The molecule has 0 fully saturated rings. The molecule has 0 N–H and O–H groups in total. The van der Waals surface area contributed by atoms with E-state index in [0.717, 1.165) is 33.7 Å². The molecule has 0 saturated heterocycles. The van der Waals surface area contributed by atoms with Crippen LogP contribution in [0.5, 0.6) is 0 Å². The number of fused-ring (bicyclic) bond motifs is 1. The number of nitrogens with zero attached hydrogens (tertiary/aromatic N) is 2. The van der Waals surface area contributed by atoms with Crippen LogP contribution >= 0.6 is 0 Å². The van der Waals surface area contributed by atoms with Gasteiger partial charge in [0.05, 0.1) is 36.3 Å². The minimum Gasteiger partial charge on any atom is -0.463 e. The fourth-order valence-electron chi connectivity index (χ4n) is 2.50. The average molecular weight is 314 g/mol. The second kappa shape index (κ2) is 6.38. The molecule has 0 amide bonds. The largest absolute Gasteiger partial charge is 0.463 e. The lowest BCUT2D eigenvalue weighted by atomic mass is 10.1. The van der Waals surface area contributed by atoms with Crippen molar-refractivity contribution in [1.82, 2.24) is 0 Å². The quantitative estimate of drug-likeness (QED) is 0.465. The summed E-state index contributed by atoms with van der Waals surface area (Å²) < 4.78 is 10.6. The fourth-order valence-corrected chi connectivity index (χ4v) is 2.50. The second-order valence-electron chi connectivity index (χ2n) is 5.20. The third-order valence-corrected chi connectivity index (χ3v) is 3.62. The summed E-state index contributed by atoms with van der Waals surface area (Å²) >= 11 is 0. The van der Waals surface area contributed by atoms with Crippen LogP contribution in [-0.2, 0) is 0 Å². The van der Waals surface area contributed by atoms with E-state index < -0.39 is 0 Å². The number of hydrogen-bond acceptors (Lipinski definition) is 4.